The third kappa shape index (κ3) is 5.24. The zero-order valence-electron chi connectivity index (χ0n) is 19.2. The van der Waals surface area contributed by atoms with E-state index in [2.05, 4.69) is 10.4 Å². The predicted octanol–water partition coefficient (Wildman–Crippen LogP) is 3.70. The van der Waals surface area contributed by atoms with E-state index in [0.717, 1.165) is 17.5 Å². The molecule has 0 spiro atoms. The number of nitrogens with one attached hydrogen (secondary N) is 1. The Morgan fingerprint density at radius 1 is 0.914 bits per heavy atom. The van der Waals surface area contributed by atoms with Crippen molar-refractivity contribution in [2.24, 2.45) is 0 Å². The van der Waals surface area contributed by atoms with Gasteiger partial charge in [0.25, 0.3) is 11.8 Å². The molecule has 176 valence electrons. The van der Waals surface area contributed by atoms with E-state index in [1.54, 1.807) is 28.0 Å². The van der Waals surface area contributed by atoms with Gasteiger partial charge in [-0.3, -0.25) is 14.3 Å². The van der Waals surface area contributed by atoms with Crippen molar-refractivity contribution in [2.45, 2.75) is 19.1 Å². The van der Waals surface area contributed by atoms with Crippen LogP contribution in [0.25, 0.3) is 0 Å². The number of amides is 2. The lowest BCUT2D eigenvalue weighted by Gasteiger charge is -2.34. The number of rotatable bonds is 7. The Hall–Kier alpha value is -4.39. The highest BCUT2D eigenvalue weighted by Crippen LogP contribution is 2.34. The second-order valence-corrected chi connectivity index (χ2v) is 8.43. The summed E-state index contributed by atoms with van der Waals surface area (Å²) in [5.74, 6) is 0.0436. The molecule has 1 aliphatic heterocycles. The third-order valence-corrected chi connectivity index (χ3v) is 5.93. The van der Waals surface area contributed by atoms with Gasteiger partial charge in [0.15, 0.2) is 6.10 Å². The van der Waals surface area contributed by atoms with E-state index < -0.39 is 6.10 Å². The van der Waals surface area contributed by atoms with Gasteiger partial charge in [-0.2, -0.15) is 5.10 Å². The molecule has 0 saturated carbocycles. The van der Waals surface area contributed by atoms with Crippen LogP contribution < -0.4 is 15.0 Å². The molecule has 1 aromatic heterocycles. The summed E-state index contributed by atoms with van der Waals surface area (Å²) in [7, 11) is 0. The predicted molar refractivity (Wildman–Crippen MR) is 133 cm³/mol. The minimum absolute atomic E-state index is 0.122. The minimum atomic E-state index is -0.802. The molecule has 1 aliphatic rings. The standard InChI is InChI=1S/C28H26N4O3/c33-27(29-16-15-21-9-3-1-4-10-21)26-20-32(24-13-7-8-14-25(24)35-26)28(34)23-17-30-31(19-23)18-22-11-5-2-6-12-22/h1-14,17,19,26H,15-16,18,20H2,(H,29,33)/t26-/m1/s1. The summed E-state index contributed by atoms with van der Waals surface area (Å²) in [5, 5.41) is 7.31. The van der Waals surface area contributed by atoms with Crippen molar-refractivity contribution in [1.82, 2.24) is 15.1 Å². The summed E-state index contributed by atoms with van der Waals surface area (Å²) in [6, 6.07) is 27.2. The minimum Gasteiger partial charge on any atom is -0.477 e. The van der Waals surface area contributed by atoms with Gasteiger partial charge in [-0.15, -0.1) is 0 Å². The molecule has 4 aromatic rings. The normalized spacial score (nSPS) is 14.6. The summed E-state index contributed by atoms with van der Waals surface area (Å²) in [4.78, 5) is 28.0. The number of benzene rings is 3. The van der Waals surface area contributed by atoms with Crippen LogP contribution in [0.3, 0.4) is 0 Å². The maximum Gasteiger partial charge on any atom is 0.262 e. The summed E-state index contributed by atoms with van der Waals surface area (Å²) in [5.41, 5.74) is 3.34. The van der Waals surface area contributed by atoms with Crippen molar-refractivity contribution >= 4 is 17.5 Å². The van der Waals surface area contributed by atoms with E-state index in [9.17, 15) is 9.59 Å². The topological polar surface area (TPSA) is 76.5 Å². The van der Waals surface area contributed by atoms with Crippen LogP contribution in [-0.2, 0) is 17.8 Å². The number of nitrogens with zero attached hydrogens (tertiary/aromatic N) is 3. The first kappa shape index (κ1) is 22.4. The van der Waals surface area contributed by atoms with Gasteiger partial charge in [-0.05, 0) is 29.7 Å². The molecule has 0 bridgehead atoms. The number of carbonyl (C=O) groups is 2. The first-order valence-corrected chi connectivity index (χ1v) is 11.6. The Bertz CT molecular complexity index is 1300. The van der Waals surface area contributed by atoms with Crippen molar-refractivity contribution in [3.63, 3.8) is 0 Å². The quantitative estimate of drug-likeness (QED) is 0.451. The maximum absolute atomic E-state index is 13.5. The summed E-state index contributed by atoms with van der Waals surface area (Å²) in [6.07, 6.45) is 3.23. The fourth-order valence-corrected chi connectivity index (χ4v) is 4.14. The van der Waals surface area contributed by atoms with Crippen molar-refractivity contribution in [3.8, 4) is 5.75 Å². The van der Waals surface area contributed by atoms with Crippen LogP contribution in [0.4, 0.5) is 5.69 Å². The maximum atomic E-state index is 13.5. The summed E-state index contributed by atoms with van der Waals surface area (Å²) < 4.78 is 7.71. The Kier molecular flexibility index (Phi) is 6.57. The monoisotopic (exact) mass is 466 g/mol. The second-order valence-electron chi connectivity index (χ2n) is 8.43. The highest BCUT2D eigenvalue weighted by Gasteiger charge is 2.34. The molecule has 2 amide bonds. The third-order valence-electron chi connectivity index (χ3n) is 5.93. The zero-order chi connectivity index (χ0) is 24.0. The van der Waals surface area contributed by atoms with Gasteiger partial charge in [0.2, 0.25) is 0 Å². The molecule has 5 rings (SSSR count). The van der Waals surface area contributed by atoms with Crippen LogP contribution >= 0.6 is 0 Å². The molecular weight excluding hydrogens is 440 g/mol. The molecule has 0 aliphatic carbocycles. The Labute approximate surface area is 204 Å². The number of fused-ring (bicyclic) bond motifs is 1. The van der Waals surface area contributed by atoms with Gasteiger partial charge < -0.3 is 15.0 Å². The smallest absolute Gasteiger partial charge is 0.262 e. The second kappa shape index (κ2) is 10.3. The van der Waals surface area contributed by atoms with E-state index in [1.807, 2.05) is 78.9 Å². The van der Waals surface area contributed by atoms with Crippen molar-refractivity contribution in [2.75, 3.05) is 18.0 Å². The number of anilines is 1. The molecule has 7 nitrogen and oxygen atoms in total. The van der Waals surface area contributed by atoms with Gasteiger partial charge >= 0.3 is 0 Å². The van der Waals surface area contributed by atoms with Crippen LogP contribution in [0.15, 0.2) is 97.3 Å². The van der Waals surface area contributed by atoms with Crippen LogP contribution in [-0.4, -0.2) is 40.8 Å². The lowest BCUT2D eigenvalue weighted by molar-refractivity contribution is -0.127. The molecule has 1 N–H and O–H groups in total. The van der Waals surface area contributed by atoms with Gasteiger partial charge in [-0.1, -0.05) is 72.8 Å². The van der Waals surface area contributed by atoms with E-state index in [-0.39, 0.29) is 18.4 Å². The van der Waals surface area contributed by atoms with Gasteiger partial charge in [0.1, 0.15) is 5.75 Å². The average molecular weight is 467 g/mol. The number of para-hydroxylation sites is 2. The largest absolute Gasteiger partial charge is 0.477 e. The van der Waals surface area contributed by atoms with Crippen LogP contribution in [0.2, 0.25) is 0 Å². The first-order chi connectivity index (χ1) is 17.2. The van der Waals surface area contributed by atoms with Crippen LogP contribution in [0.5, 0.6) is 5.75 Å². The molecule has 0 saturated heterocycles. The first-order valence-electron chi connectivity index (χ1n) is 11.6. The van der Waals surface area contributed by atoms with Crippen LogP contribution in [0, 0.1) is 0 Å². The number of hydrogen-bond donors (Lipinski definition) is 1. The van der Waals surface area contributed by atoms with Gasteiger partial charge in [0.05, 0.1) is 30.5 Å². The molecule has 35 heavy (non-hydrogen) atoms. The highest BCUT2D eigenvalue weighted by atomic mass is 16.5. The summed E-state index contributed by atoms with van der Waals surface area (Å²) >= 11 is 0. The lowest BCUT2D eigenvalue weighted by atomic mass is 10.1. The number of aromatic nitrogens is 2. The molecule has 3 aromatic carbocycles. The van der Waals surface area contributed by atoms with Crippen molar-refractivity contribution in [3.05, 3.63) is 114 Å². The fourth-order valence-electron chi connectivity index (χ4n) is 4.14. The number of carbonyl (C=O) groups excluding carboxylic acids is 2. The summed E-state index contributed by atoms with van der Waals surface area (Å²) in [6.45, 7) is 1.18. The van der Waals surface area contributed by atoms with E-state index in [1.165, 1.54) is 0 Å². The van der Waals surface area contributed by atoms with E-state index >= 15 is 0 Å². The molecule has 7 heteroatoms. The zero-order valence-corrected chi connectivity index (χ0v) is 19.2. The van der Waals surface area contributed by atoms with Crippen molar-refractivity contribution in [1.29, 1.82) is 0 Å². The Morgan fingerprint density at radius 2 is 1.60 bits per heavy atom. The van der Waals surface area contributed by atoms with Gasteiger partial charge in [0, 0.05) is 12.7 Å². The van der Waals surface area contributed by atoms with E-state index in [0.29, 0.717) is 30.1 Å². The SMILES string of the molecule is O=C(NCCc1ccccc1)[C@H]1CN(C(=O)c2cnn(Cc3ccccc3)c2)c2ccccc2O1. The Morgan fingerprint density at radius 3 is 2.37 bits per heavy atom. The van der Waals surface area contributed by atoms with E-state index in [4.69, 9.17) is 4.74 Å². The molecule has 1 atom stereocenters. The Balaban J connectivity index is 1.29. The molecule has 0 radical (unpaired) electrons. The number of hydrogen-bond acceptors (Lipinski definition) is 4. The molecule has 0 fully saturated rings. The molecule has 0 unspecified atom stereocenters. The fraction of sp³-hybridized carbons (Fsp3) is 0.179. The molecule has 2 heterocycles. The number of ether oxygens (including phenoxy) is 1. The van der Waals surface area contributed by atoms with Crippen LogP contribution in [0.1, 0.15) is 21.5 Å². The highest BCUT2D eigenvalue weighted by molar-refractivity contribution is 6.07. The molecular formula is C28H26N4O3. The van der Waals surface area contributed by atoms with Gasteiger partial charge in [-0.25, -0.2) is 0 Å². The van der Waals surface area contributed by atoms with Crippen molar-refractivity contribution < 1.29 is 14.3 Å². The lowest BCUT2D eigenvalue weighted by Crippen LogP contribution is -2.51. The average Bonchev–Trinajstić information content (AvgIpc) is 3.37.